The average molecular weight is 470 g/mol. The number of hydrogen-bond donors (Lipinski definition) is 0. The van der Waals surface area contributed by atoms with E-state index in [0.29, 0.717) is 11.7 Å². The first-order chi connectivity index (χ1) is 15.5. The summed E-state index contributed by atoms with van der Waals surface area (Å²) in [5.74, 6) is 2.02. The highest BCUT2D eigenvalue weighted by atomic mass is 32.2. The third-order valence-corrected chi connectivity index (χ3v) is 7.69. The number of hydrogen-bond acceptors (Lipinski definition) is 6. The molecule has 0 aliphatic carbocycles. The summed E-state index contributed by atoms with van der Waals surface area (Å²) < 4.78 is 2.09. The second kappa shape index (κ2) is 10.6. The Balaban J connectivity index is 1.26. The quantitative estimate of drug-likeness (QED) is 0.452. The largest absolute Gasteiger partial charge is 0.339 e. The van der Waals surface area contributed by atoms with E-state index in [1.54, 1.807) is 11.3 Å². The summed E-state index contributed by atoms with van der Waals surface area (Å²) in [6.45, 7) is 11.6. The van der Waals surface area contributed by atoms with Crippen molar-refractivity contribution in [3.05, 3.63) is 52.9 Å². The van der Waals surface area contributed by atoms with Crippen molar-refractivity contribution in [1.29, 1.82) is 0 Å². The maximum absolute atomic E-state index is 12.8. The van der Waals surface area contributed by atoms with Gasteiger partial charge in [-0.05, 0) is 35.4 Å². The van der Waals surface area contributed by atoms with Gasteiger partial charge >= 0.3 is 0 Å². The van der Waals surface area contributed by atoms with Gasteiger partial charge in [0, 0.05) is 39.3 Å². The van der Waals surface area contributed by atoms with E-state index in [4.69, 9.17) is 0 Å². The zero-order valence-electron chi connectivity index (χ0n) is 19.0. The summed E-state index contributed by atoms with van der Waals surface area (Å²) in [6, 6.07) is 13.0. The molecular formula is C24H31N5OS2. The number of thioether (sulfide) groups is 1. The normalized spacial score (nSPS) is 14.9. The van der Waals surface area contributed by atoms with Gasteiger partial charge in [-0.15, -0.1) is 21.5 Å². The van der Waals surface area contributed by atoms with E-state index in [9.17, 15) is 4.79 Å². The number of benzene rings is 1. The van der Waals surface area contributed by atoms with Crippen LogP contribution in [0.25, 0.3) is 10.7 Å². The number of rotatable bonds is 8. The van der Waals surface area contributed by atoms with Crippen molar-refractivity contribution in [2.24, 2.45) is 0 Å². The van der Waals surface area contributed by atoms with E-state index in [0.717, 1.165) is 55.1 Å². The van der Waals surface area contributed by atoms with Crippen molar-refractivity contribution in [3.8, 4) is 10.7 Å². The van der Waals surface area contributed by atoms with Gasteiger partial charge in [-0.3, -0.25) is 9.69 Å². The van der Waals surface area contributed by atoms with Crippen molar-refractivity contribution in [1.82, 2.24) is 24.6 Å². The SMILES string of the molecule is CCn1c(SCC(=O)N2CCN(Cc3ccc(C(C)C)cc3)CC2)nnc1-c1cccs1. The molecule has 0 atom stereocenters. The van der Waals surface area contributed by atoms with Gasteiger partial charge in [0.05, 0.1) is 10.6 Å². The van der Waals surface area contributed by atoms with Crippen LogP contribution in [0.3, 0.4) is 0 Å². The average Bonchev–Trinajstić information content (AvgIpc) is 3.47. The number of thiophene rings is 1. The predicted molar refractivity (Wildman–Crippen MR) is 132 cm³/mol. The fourth-order valence-corrected chi connectivity index (χ4v) is 5.53. The number of aromatic nitrogens is 3. The van der Waals surface area contributed by atoms with Crippen LogP contribution in [0.5, 0.6) is 0 Å². The Morgan fingerprint density at radius 1 is 1.09 bits per heavy atom. The van der Waals surface area contributed by atoms with Gasteiger partial charge in [-0.1, -0.05) is 55.9 Å². The summed E-state index contributed by atoms with van der Waals surface area (Å²) in [5.41, 5.74) is 2.72. The molecule has 0 spiro atoms. The maximum atomic E-state index is 12.8. The molecule has 1 aliphatic rings. The van der Waals surface area contributed by atoms with Crippen LogP contribution in [0.15, 0.2) is 46.9 Å². The molecule has 1 fully saturated rings. The Kier molecular flexibility index (Phi) is 7.65. The van der Waals surface area contributed by atoms with E-state index in [-0.39, 0.29) is 5.91 Å². The molecule has 3 aromatic rings. The molecule has 1 saturated heterocycles. The van der Waals surface area contributed by atoms with Gasteiger partial charge in [-0.25, -0.2) is 0 Å². The third-order valence-electron chi connectivity index (χ3n) is 5.88. The summed E-state index contributed by atoms with van der Waals surface area (Å²) in [7, 11) is 0. The monoisotopic (exact) mass is 469 g/mol. The van der Waals surface area contributed by atoms with E-state index < -0.39 is 0 Å². The van der Waals surface area contributed by atoms with Gasteiger partial charge in [0.25, 0.3) is 0 Å². The number of amides is 1. The van der Waals surface area contributed by atoms with Crippen LogP contribution in [-0.4, -0.2) is 62.4 Å². The Labute approximate surface area is 198 Å². The first kappa shape index (κ1) is 23.0. The molecule has 1 aromatic carbocycles. The molecule has 6 nitrogen and oxygen atoms in total. The van der Waals surface area contributed by atoms with E-state index in [2.05, 4.69) is 70.8 Å². The summed E-state index contributed by atoms with van der Waals surface area (Å²) in [4.78, 5) is 18.3. The minimum absolute atomic E-state index is 0.180. The molecule has 32 heavy (non-hydrogen) atoms. The van der Waals surface area contributed by atoms with Crippen LogP contribution in [0, 0.1) is 0 Å². The molecule has 170 valence electrons. The van der Waals surface area contributed by atoms with Crippen LogP contribution in [0.1, 0.15) is 37.8 Å². The zero-order valence-corrected chi connectivity index (χ0v) is 20.7. The molecule has 0 radical (unpaired) electrons. The predicted octanol–water partition coefficient (Wildman–Crippen LogP) is 4.59. The van der Waals surface area contributed by atoms with E-state index in [1.165, 1.54) is 22.9 Å². The van der Waals surface area contributed by atoms with Crippen LogP contribution >= 0.6 is 23.1 Å². The molecule has 0 bridgehead atoms. The molecule has 1 aliphatic heterocycles. The van der Waals surface area contributed by atoms with Crippen LogP contribution in [0.2, 0.25) is 0 Å². The van der Waals surface area contributed by atoms with Gasteiger partial charge in [0.1, 0.15) is 0 Å². The Morgan fingerprint density at radius 2 is 1.84 bits per heavy atom. The minimum atomic E-state index is 0.180. The lowest BCUT2D eigenvalue weighted by Gasteiger charge is -2.34. The molecule has 0 N–H and O–H groups in total. The summed E-state index contributed by atoms with van der Waals surface area (Å²) in [6.07, 6.45) is 0. The van der Waals surface area contributed by atoms with Crippen LogP contribution in [0.4, 0.5) is 0 Å². The molecule has 3 heterocycles. The lowest BCUT2D eigenvalue weighted by Crippen LogP contribution is -2.48. The fraction of sp³-hybridized carbons (Fsp3) is 0.458. The van der Waals surface area contributed by atoms with Gasteiger partial charge in [-0.2, -0.15) is 0 Å². The fourth-order valence-electron chi connectivity index (χ4n) is 3.91. The van der Waals surface area contributed by atoms with Gasteiger partial charge < -0.3 is 9.47 Å². The Morgan fingerprint density at radius 3 is 2.47 bits per heavy atom. The first-order valence-corrected chi connectivity index (χ1v) is 13.1. The number of nitrogens with zero attached hydrogens (tertiary/aromatic N) is 5. The van der Waals surface area contributed by atoms with Crippen LogP contribution in [-0.2, 0) is 17.9 Å². The molecule has 2 aromatic heterocycles. The number of piperazine rings is 1. The molecule has 1 amide bonds. The first-order valence-electron chi connectivity index (χ1n) is 11.2. The number of carbonyl (C=O) groups is 1. The van der Waals surface area contributed by atoms with E-state index >= 15 is 0 Å². The summed E-state index contributed by atoms with van der Waals surface area (Å²) >= 11 is 3.14. The van der Waals surface area contributed by atoms with Crippen molar-refractivity contribution in [2.75, 3.05) is 31.9 Å². The van der Waals surface area contributed by atoms with Crippen molar-refractivity contribution >= 4 is 29.0 Å². The van der Waals surface area contributed by atoms with Crippen molar-refractivity contribution in [3.63, 3.8) is 0 Å². The summed E-state index contributed by atoms with van der Waals surface area (Å²) in [5, 5.41) is 11.6. The lowest BCUT2D eigenvalue weighted by atomic mass is 10.0. The highest BCUT2D eigenvalue weighted by molar-refractivity contribution is 7.99. The Hall–Kier alpha value is -2.16. The second-order valence-electron chi connectivity index (χ2n) is 8.37. The second-order valence-corrected chi connectivity index (χ2v) is 10.3. The molecule has 8 heteroatoms. The zero-order chi connectivity index (χ0) is 22.5. The van der Waals surface area contributed by atoms with Crippen molar-refractivity contribution < 1.29 is 4.79 Å². The number of carbonyl (C=O) groups excluding carboxylic acids is 1. The third kappa shape index (κ3) is 5.42. The smallest absolute Gasteiger partial charge is 0.233 e. The standard InChI is InChI=1S/C24H31N5OS2/c1-4-29-23(21-6-5-15-31-21)25-26-24(29)32-17-22(30)28-13-11-27(12-14-28)16-19-7-9-20(10-8-19)18(2)3/h5-10,15,18H,4,11-14,16-17H2,1-3H3. The molecule has 0 unspecified atom stereocenters. The topological polar surface area (TPSA) is 54.3 Å². The minimum Gasteiger partial charge on any atom is -0.339 e. The lowest BCUT2D eigenvalue weighted by molar-refractivity contribution is -0.130. The maximum Gasteiger partial charge on any atom is 0.233 e. The van der Waals surface area contributed by atoms with E-state index in [1.807, 2.05) is 16.3 Å². The van der Waals surface area contributed by atoms with Crippen LogP contribution < -0.4 is 0 Å². The van der Waals surface area contributed by atoms with Gasteiger partial charge in [0.2, 0.25) is 5.91 Å². The van der Waals surface area contributed by atoms with Crippen molar-refractivity contribution in [2.45, 2.75) is 44.9 Å². The Bertz CT molecular complexity index is 1010. The molecule has 4 rings (SSSR count). The molecule has 0 saturated carbocycles. The van der Waals surface area contributed by atoms with Gasteiger partial charge in [0.15, 0.2) is 11.0 Å². The highest BCUT2D eigenvalue weighted by Gasteiger charge is 2.22. The highest BCUT2D eigenvalue weighted by Crippen LogP contribution is 2.27. The molecular weight excluding hydrogens is 438 g/mol.